The van der Waals surface area contributed by atoms with E-state index in [-0.39, 0.29) is 7.05 Å². The van der Waals surface area contributed by atoms with Gasteiger partial charge in [-0.3, -0.25) is 0 Å². The molecule has 1 aliphatic rings. The molecule has 3 unspecified atom stereocenters. The first-order valence-electron chi connectivity index (χ1n) is 6.05. The smallest absolute Gasteiger partial charge is 0.376 e. The van der Waals surface area contributed by atoms with Gasteiger partial charge in [0.25, 0.3) is 0 Å². The van der Waals surface area contributed by atoms with Gasteiger partial charge in [-0.2, -0.15) is 0 Å². The van der Waals surface area contributed by atoms with Gasteiger partial charge in [0.05, 0.1) is 0 Å². The number of nitrogens with zero attached hydrogens (tertiary/aromatic N) is 1. The fourth-order valence-electron chi connectivity index (χ4n) is 2.95. The van der Waals surface area contributed by atoms with Crippen molar-refractivity contribution in [3.8, 4) is 0 Å². The first-order chi connectivity index (χ1) is 6.60. The second-order valence-electron chi connectivity index (χ2n) is 4.74. The predicted molar refractivity (Wildman–Crippen MR) is 62.2 cm³/mol. The quantitative estimate of drug-likeness (QED) is 0.702. The molecule has 0 bridgehead atoms. The van der Waals surface area contributed by atoms with Crippen LogP contribution in [0.4, 0.5) is 0 Å². The lowest BCUT2D eigenvalue weighted by atomic mass is 9.73. The largest absolute Gasteiger partial charge is 0.437 e. The zero-order valence-electron chi connectivity index (χ0n) is 10.0. The third kappa shape index (κ3) is 2.51. The minimum Gasteiger partial charge on any atom is -0.437 e. The molecule has 1 fully saturated rings. The van der Waals surface area contributed by atoms with Crippen molar-refractivity contribution in [3.63, 3.8) is 0 Å². The Morgan fingerprint density at radius 1 is 1.29 bits per heavy atom. The van der Waals surface area contributed by atoms with Crippen LogP contribution in [-0.4, -0.2) is 29.0 Å². The molecule has 1 N–H and O–H groups in total. The number of rotatable bonds is 3. The first-order valence-corrected chi connectivity index (χ1v) is 6.05. The molecule has 0 aromatic rings. The van der Waals surface area contributed by atoms with E-state index in [1.54, 1.807) is 0 Å². The summed E-state index contributed by atoms with van der Waals surface area (Å²) in [5, 5.41) is 9.73. The van der Waals surface area contributed by atoms with Crippen molar-refractivity contribution in [2.45, 2.75) is 65.4 Å². The van der Waals surface area contributed by atoms with Crippen LogP contribution in [0.5, 0.6) is 0 Å². The zero-order valence-corrected chi connectivity index (χ0v) is 10.0. The highest BCUT2D eigenvalue weighted by molar-refractivity contribution is 6.45. The fraction of sp³-hybridized carbons (Fsp3) is 1.00. The number of hydrogen-bond donors (Lipinski definition) is 1. The van der Waals surface area contributed by atoms with Crippen molar-refractivity contribution in [2.75, 3.05) is 0 Å². The second kappa shape index (κ2) is 5.17. The minimum atomic E-state index is -0.284. The molecule has 0 amide bonds. The van der Waals surface area contributed by atoms with E-state index in [1.165, 1.54) is 19.3 Å². The van der Waals surface area contributed by atoms with Crippen LogP contribution >= 0.6 is 0 Å². The Kier molecular flexibility index (Phi) is 4.46. The van der Waals surface area contributed by atoms with E-state index in [1.807, 2.05) is 6.82 Å². The lowest BCUT2D eigenvalue weighted by Crippen LogP contribution is -2.54. The van der Waals surface area contributed by atoms with Gasteiger partial charge in [0.15, 0.2) is 0 Å². The normalized spacial score (nSPS) is 34.5. The molecule has 1 saturated heterocycles. The lowest BCUT2D eigenvalue weighted by Gasteiger charge is -2.44. The highest BCUT2D eigenvalue weighted by Gasteiger charge is 2.35. The highest BCUT2D eigenvalue weighted by Crippen LogP contribution is 2.31. The molecule has 14 heavy (non-hydrogen) atoms. The Bertz CT molecular complexity index is 175. The molecular formula is C11H24BNO. The van der Waals surface area contributed by atoms with Crippen LogP contribution in [0.1, 0.15) is 46.5 Å². The van der Waals surface area contributed by atoms with Crippen molar-refractivity contribution in [3.05, 3.63) is 0 Å². The molecule has 1 heterocycles. The molecule has 0 spiro atoms. The summed E-state index contributed by atoms with van der Waals surface area (Å²) in [7, 11) is -0.284. The zero-order chi connectivity index (χ0) is 10.7. The van der Waals surface area contributed by atoms with Crippen LogP contribution in [0.3, 0.4) is 0 Å². The van der Waals surface area contributed by atoms with Crippen molar-refractivity contribution in [2.24, 2.45) is 5.92 Å². The van der Waals surface area contributed by atoms with Crippen LogP contribution in [0.2, 0.25) is 6.82 Å². The van der Waals surface area contributed by atoms with Gasteiger partial charge in [0.1, 0.15) is 0 Å². The average Bonchev–Trinajstić information content (AvgIpc) is 2.15. The lowest BCUT2D eigenvalue weighted by molar-refractivity contribution is 0.118. The third-order valence-electron chi connectivity index (χ3n) is 3.69. The van der Waals surface area contributed by atoms with Crippen molar-refractivity contribution in [1.82, 2.24) is 4.81 Å². The molecule has 0 aromatic heterocycles. The molecule has 2 nitrogen and oxygen atoms in total. The molecule has 0 radical (unpaired) electrons. The summed E-state index contributed by atoms with van der Waals surface area (Å²) in [6.07, 6.45) is 4.96. The van der Waals surface area contributed by atoms with Gasteiger partial charge < -0.3 is 9.83 Å². The van der Waals surface area contributed by atoms with Crippen LogP contribution < -0.4 is 0 Å². The Morgan fingerprint density at radius 3 is 2.36 bits per heavy atom. The Balaban J connectivity index is 2.66. The minimum absolute atomic E-state index is 0.284. The van der Waals surface area contributed by atoms with Crippen LogP contribution in [0, 0.1) is 5.92 Å². The topological polar surface area (TPSA) is 23.5 Å². The Labute approximate surface area is 88.8 Å². The molecule has 3 heteroatoms. The summed E-state index contributed by atoms with van der Waals surface area (Å²) in [5.41, 5.74) is 0. The first kappa shape index (κ1) is 12.1. The van der Waals surface area contributed by atoms with Gasteiger partial charge in [0, 0.05) is 6.04 Å². The van der Waals surface area contributed by atoms with Gasteiger partial charge in [-0.15, -0.1) is 0 Å². The third-order valence-corrected chi connectivity index (χ3v) is 3.69. The van der Waals surface area contributed by atoms with Crippen molar-refractivity contribution in [1.29, 1.82) is 0 Å². The summed E-state index contributed by atoms with van der Waals surface area (Å²) >= 11 is 0. The maximum Gasteiger partial charge on any atom is 0.376 e. The van der Waals surface area contributed by atoms with E-state index in [9.17, 15) is 5.02 Å². The molecule has 0 aromatic carbocycles. The molecule has 0 aliphatic carbocycles. The monoisotopic (exact) mass is 197 g/mol. The van der Waals surface area contributed by atoms with Crippen LogP contribution in [-0.2, 0) is 0 Å². The van der Waals surface area contributed by atoms with Crippen molar-refractivity contribution >= 4 is 7.05 Å². The second-order valence-corrected chi connectivity index (χ2v) is 4.74. The summed E-state index contributed by atoms with van der Waals surface area (Å²) < 4.78 is 0. The Hall–Kier alpha value is -0.0151. The van der Waals surface area contributed by atoms with Gasteiger partial charge >= 0.3 is 7.05 Å². The van der Waals surface area contributed by atoms with E-state index in [2.05, 4.69) is 25.6 Å². The van der Waals surface area contributed by atoms with Crippen LogP contribution in [0.25, 0.3) is 0 Å². The molecule has 0 saturated carbocycles. The molecule has 1 rings (SSSR count). The van der Waals surface area contributed by atoms with E-state index >= 15 is 0 Å². The van der Waals surface area contributed by atoms with E-state index in [4.69, 9.17) is 0 Å². The summed E-state index contributed by atoms with van der Waals surface area (Å²) in [6.45, 7) is 8.65. The summed E-state index contributed by atoms with van der Waals surface area (Å²) in [5.74, 6) is 0.866. The molecule has 82 valence electrons. The highest BCUT2D eigenvalue weighted by atomic mass is 16.2. The van der Waals surface area contributed by atoms with Crippen LogP contribution in [0.15, 0.2) is 0 Å². The maximum absolute atomic E-state index is 9.73. The van der Waals surface area contributed by atoms with E-state index in [0.717, 1.165) is 12.3 Å². The number of piperidine rings is 1. The van der Waals surface area contributed by atoms with Crippen molar-refractivity contribution < 1.29 is 5.02 Å². The van der Waals surface area contributed by atoms with Gasteiger partial charge in [-0.1, -0.05) is 27.2 Å². The van der Waals surface area contributed by atoms with Gasteiger partial charge in [-0.25, -0.2) is 0 Å². The Morgan fingerprint density at radius 2 is 1.93 bits per heavy atom. The SMILES string of the molecule is CCC1CC(C)N(B(C)O)C(CC)C1. The van der Waals surface area contributed by atoms with E-state index < -0.39 is 0 Å². The molecular weight excluding hydrogens is 173 g/mol. The standard InChI is InChI=1S/C11H24BNO/c1-5-10-7-9(3)13(12(4)14)11(6-2)8-10/h9-11,14H,5-8H2,1-4H3. The maximum atomic E-state index is 9.73. The van der Waals surface area contributed by atoms with E-state index in [0.29, 0.717) is 12.1 Å². The van der Waals surface area contributed by atoms with Gasteiger partial charge in [0.2, 0.25) is 0 Å². The summed E-state index contributed by atoms with van der Waals surface area (Å²) in [6, 6.07) is 1.13. The molecule has 1 aliphatic heterocycles. The predicted octanol–water partition coefficient (Wildman–Crippen LogP) is 2.39. The summed E-state index contributed by atoms with van der Waals surface area (Å²) in [4.78, 5) is 2.28. The van der Waals surface area contributed by atoms with Gasteiger partial charge in [-0.05, 0) is 38.0 Å². The number of hydrogen-bond acceptors (Lipinski definition) is 2. The average molecular weight is 197 g/mol. The molecule has 3 atom stereocenters. The fourth-order valence-corrected chi connectivity index (χ4v) is 2.95.